The van der Waals surface area contributed by atoms with Crippen molar-refractivity contribution in [1.29, 1.82) is 0 Å². The van der Waals surface area contributed by atoms with Gasteiger partial charge in [-0.2, -0.15) is 0 Å². The molecule has 5 heteroatoms. The molecule has 0 aliphatic heterocycles. The lowest BCUT2D eigenvalue weighted by Crippen LogP contribution is -2.36. The number of hydrogen-bond donors (Lipinski definition) is 1. The van der Waals surface area contributed by atoms with Gasteiger partial charge in [-0.15, -0.1) is 0 Å². The number of carbonyl (C=O) groups excluding carboxylic acids is 2. The number of hydrogen-bond acceptors (Lipinski definition) is 4. The van der Waals surface area contributed by atoms with Crippen molar-refractivity contribution in [3.8, 4) is 0 Å². The van der Waals surface area contributed by atoms with Gasteiger partial charge in [-0.1, -0.05) is 43.7 Å². The van der Waals surface area contributed by atoms with Crippen LogP contribution in [0, 0.1) is 0 Å². The Morgan fingerprint density at radius 2 is 2.08 bits per heavy atom. The summed E-state index contributed by atoms with van der Waals surface area (Å²) in [6.45, 7) is 3.65. The van der Waals surface area contributed by atoms with Gasteiger partial charge in [0.25, 0.3) is 5.91 Å². The number of amides is 1. The molecular formula is C19H27NO4. The Morgan fingerprint density at radius 1 is 1.29 bits per heavy atom. The highest BCUT2D eigenvalue weighted by Crippen LogP contribution is 2.11. The zero-order valence-electron chi connectivity index (χ0n) is 14.5. The molecule has 0 radical (unpaired) electrons. The Labute approximate surface area is 144 Å². The van der Waals surface area contributed by atoms with Gasteiger partial charge < -0.3 is 19.6 Å². The predicted molar refractivity (Wildman–Crippen MR) is 94.0 cm³/mol. The van der Waals surface area contributed by atoms with Gasteiger partial charge in [0.1, 0.15) is 6.29 Å². The molecule has 1 aromatic carbocycles. The van der Waals surface area contributed by atoms with E-state index in [0.717, 1.165) is 24.7 Å². The van der Waals surface area contributed by atoms with Crippen LogP contribution in [0.5, 0.6) is 0 Å². The van der Waals surface area contributed by atoms with Crippen LogP contribution in [0.2, 0.25) is 0 Å². The Morgan fingerprint density at radius 3 is 2.79 bits per heavy atom. The first-order chi connectivity index (χ1) is 11.7. The van der Waals surface area contributed by atoms with Gasteiger partial charge in [0, 0.05) is 19.3 Å². The van der Waals surface area contributed by atoms with Gasteiger partial charge in [0.2, 0.25) is 0 Å². The normalized spacial score (nSPS) is 12.2. The summed E-state index contributed by atoms with van der Waals surface area (Å²) in [6, 6.07) is 6.74. The largest absolute Gasteiger partial charge is 0.381 e. The van der Waals surface area contributed by atoms with Crippen molar-refractivity contribution in [3.05, 3.63) is 47.5 Å². The van der Waals surface area contributed by atoms with Crippen LogP contribution >= 0.6 is 0 Å². The number of aldehydes is 1. The van der Waals surface area contributed by atoms with Crippen LogP contribution in [-0.4, -0.2) is 38.6 Å². The van der Waals surface area contributed by atoms with Gasteiger partial charge in [-0.3, -0.25) is 4.79 Å². The molecule has 0 heterocycles. The van der Waals surface area contributed by atoms with Crippen molar-refractivity contribution in [3.63, 3.8) is 0 Å². The smallest absolute Gasteiger partial charge is 0.252 e. The third-order valence-electron chi connectivity index (χ3n) is 3.46. The highest BCUT2D eigenvalue weighted by atomic mass is 16.5. The fraction of sp³-hybridized carbons (Fsp3) is 0.474. The Balaban J connectivity index is 2.63. The van der Waals surface area contributed by atoms with E-state index in [1.54, 1.807) is 19.2 Å². The molecule has 1 N–H and O–H groups in total. The molecular weight excluding hydrogens is 306 g/mol. The van der Waals surface area contributed by atoms with Crippen LogP contribution in [0.3, 0.4) is 0 Å². The van der Waals surface area contributed by atoms with E-state index in [2.05, 4.69) is 12.2 Å². The summed E-state index contributed by atoms with van der Waals surface area (Å²) >= 11 is 0. The van der Waals surface area contributed by atoms with Gasteiger partial charge in [0.05, 0.1) is 19.3 Å². The zero-order chi connectivity index (χ0) is 17.6. The van der Waals surface area contributed by atoms with Crippen molar-refractivity contribution in [1.82, 2.24) is 5.32 Å². The highest BCUT2D eigenvalue weighted by Gasteiger charge is 2.15. The van der Waals surface area contributed by atoms with E-state index in [1.165, 1.54) is 0 Å². The van der Waals surface area contributed by atoms with E-state index < -0.39 is 6.04 Å². The monoisotopic (exact) mass is 333 g/mol. The molecule has 1 rings (SSSR count). The third-order valence-corrected chi connectivity index (χ3v) is 3.46. The summed E-state index contributed by atoms with van der Waals surface area (Å²) in [5.74, 6) is -0.262. The topological polar surface area (TPSA) is 64.6 Å². The van der Waals surface area contributed by atoms with Crippen LogP contribution in [0.15, 0.2) is 36.4 Å². The second-order valence-corrected chi connectivity index (χ2v) is 5.44. The molecule has 1 atom stereocenters. The highest BCUT2D eigenvalue weighted by molar-refractivity contribution is 5.97. The second-order valence-electron chi connectivity index (χ2n) is 5.44. The summed E-state index contributed by atoms with van der Waals surface area (Å²) in [4.78, 5) is 23.6. The lowest BCUT2D eigenvalue weighted by Gasteiger charge is -2.14. The lowest BCUT2D eigenvalue weighted by atomic mass is 10.1. The van der Waals surface area contributed by atoms with Crippen LogP contribution in [0.1, 0.15) is 42.1 Å². The van der Waals surface area contributed by atoms with Crippen LogP contribution in [0.4, 0.5) is 0 Å². The number of benzene rings is 1. The molecule has 1 unspecified atom stereocenters. The van der Waals surface area contributed by atoms with E-state index in [4.69, 9.17) is 9.47 Å². The summed E-state index contributed by atoms with van der Waals surface area (Å²) < 4.78 is 10.5. The van der Waals surface area contributed by atoms with Gasteiger partial charge in [-0.25, -0.2) is 0 Å². The fourth-order valence-corrected chi connectivity index (χ4v) is 2.10. The first-order valence-corrected chi connectivity index (χ1v) is 8.28. The summed E-state index contributed by atoms with van der Waals surface area (Å²) in [5, 5.41) is 2.75. The van der Waals surface area contributed by atoms with E-state index >= 15 is 0 Å². The first kappa shape index (κ1) is 20.1. The van der Waals surface area contributed by atoms with Crippen molar-refractivity contribution >= 4 is 12.2 Å². The fourth-order valence-electron chi connectivity index (χ4n) is 2.10. The minimum Gasteiger partial charge on any atom is -0.381 e. The number of nitrogens with one attached hydrogen (secondary N) is 1. The molecule has 0 saturated heterocycles. The van der Waals surface area contributed by atoms with Crippen molar-refractivity contribution < 1.29 is 19.1 Å². The molecule has 0 fully saturated rings. The maximum absolute atomic E-state index is 12.4. The minimum absolute atomic E-state index is 0.262. The standard InChI is InChI=1S/C19H27NO4/c1-3-4-13-24-15-16-9-5-6-11-18(16)19(22)20-17(14-21)10-7-8-12-23-2/h5-9,11,14,17H,3-4,10,12-13,15H2,1-2H3,(H,20,22)/b8-7-. The predicted octanol–water partition coefficient (Wildman–Crippen LogP) is 2.89. The van der Waals surface area contributed by atoms with E-state index in [9.17, 15) is 9.59 Å². The van der Waals surface area contributed by atoms with E-state index in [-0.39, 0.29) is 5.91 Å². The van der Waals surface area contributed by atoms with Gasteiger partial charge in [0.15, 0.2) is 0 Å². The molecule has 5 nitrogen and oxygen atoms in total. The third kappa shape index (κ3) is 7.53. The minimum atomic E-state index is -0.556. The molecule has 0 spiro atoms. The maximum atomic E-state index is 12.4. The molecule has 0 bridgehead atoms. The molecule has 24 heavy (non-hydrogen) atoms. The van der Waals surface area contributed by atoms with Gasteiger partial charge in [-0.05, 0) is 24.5 Å². The zero-order valence-corrected chi connectivity index (χ0v) is 14.5. The van der Waals surface area contributed by atoms with E-state index in [1.807, 2.05) is 24.3 Å². The quantitative estimate of drug-likeness (QED) is 0.363. The number of methoxy groups -OCH3 is 1. The van der Waals surface area contributed by atoms with E-state index in [0.29, 0.717) is 31.8 Å². The number of rotatable bonds is 12. The van der Waals surface area contributed by atoms with Crippen LogP contribution < -0.4 is 5.32 Å². The Bertz CT molecular complexity index is 528. The average molecular weight is 333 g/mol. The average Bonchev–Trinajstić information content (AvgIpc) is 2.61. The van der Waals surface area contributed by atoms with Crippen molar-refractivity contribution in [2.75, 3.05) is 20.3 Å². The number of carbonyl (C=O) groups is 2. The number of ether oxygens (including phenoxy) is 2. The molecule has 1 aromatic rings. The Kier molecular flexibility index (Phi) is 10.4. The summed E-state index contributed by atoms with van der Waals surface area (Å²) in [7, 11) is 1.60. The van der Waals surface area contributed by atoms with Crippen molar-refractivity contribution in [2.45, 2.75) is 38.8 Å². The van der Waals surface area contributed by atoms with Crippen LogP contribution in [-0.2, 0) is 20.9 Å². The lowest BCUT2D eigenvalue weighted by molar-refractivity contribution is -0.109. The molecule has 132 valence electrons. The van der Waals surface area contributed by atoms with Crippen LogP contribution in [0.25, 0.3) is 0 Å². The molecule has 1 amide bonds. The molecule has 0 aliphatic carbocycles. The maximum Gasteiger partial charge on any atom is 0.252 e. The SMILES string of the molecule is CCCCOCc1ccccc1C(=O)NC(C=O)C/C=C\COC. The molecule has 0 saturated carbocycles. The molecule has 0 aliphatic rings. The van der Waals surface area contributed by atoms with Crippen molar-refractivity contribution in [2.24, 2.45) is 0 Å². The Hall–Kier alpha value is -1.98. The number of unbranched alkanes of at least 4 members (excludes halogenated alkanes) is 1. The second kappa shape index (κ2) is 12.4. The summed E-state index contributed by atoms with van der Waals surface area (Å²) in [5.41, 5.74) is 1.37. The summed E-state index contributed by atoms with van der Waals surface area (Å²) in [6.07, 6.45) is 6.89. The van der Waals surface area contributed by atoms with Gasteiger partial charge >= 0.3 is 0 Å². The molecule has 0 aromatic heterocycles. The first-order valence-electron chi connectivity index (χ1n) is 8.28.